The van der Waals surface area contributed by atoms with E-state index in [1.165, 1.54) is 18.2 Å². The molecular weight excluding hydrogens is 463 g/mol. The third-order valence-corrected chi connectivity index (χ3v) is 6.05. The second-order valence-corrected chi connectivity index (χ2v) is 8.25. The van der Waals surface area contributed by atoms with E-state index >= 15 is 0 Å². The molecule has 7 nitrogen and oxygen atoms in total. The van der Waals surface area contributed by atoms with E-state index in [0.29, 0.717) is 24.6 Å². The minimum atomic E-state index is -4.59. The largest absolute Gasteiger partial charge is 0.497 e. The van der Waals surface area contributed by atoms with Crippen molar-refractivity contribution in [3.63, 3.8) is 0 Å². The number of nitrogens with zero attached hydrogens (tertiary/aromatic N) is 2. The smallest absolute Gasteiger partial charge is 0.418 e. The average Bonchev–Trinajstić information content (AvgIpc) is 3.32. The Bertz CT molecular complexity index is 1040. The fourth-order valence-corrected chi connectivity index (χ4v) is 4.28. The normalized spacial score (nSPS) is 15.9. The van der Waals surface area contributed by atoms with Crippen LogP contribution in [0.15, 0.2) is 42.5 Å². The maximum absolute atomic E-state index is 13.2. The van der Waals surface area contributed by atoms with Crippen LogP contribution in [0.25, 0.3) is 0 Å². The lowest BCUT2D eigenvalue weighted by Gasteiger charge is -2.29. The predicted octanol–water partition coefficient (Wildman–Crippen LogP) is 4.35. The summed E-state index contributed by atoms with van der Waals surface area (Å²) in [6.07, 6.45) is -3.01. The maximum Gasteiger partial charge on any atom is 0.418 e. The molecule has 1 aliphatic rings. The molecule has 1 atom stereocenters. The number of hydrogen-bond donors (Lipinski definition) is 1. The molecule has 35 heavy (non-hydrogen) atoms. The molecule has 2 amide bonds. The fraction of sp³-hybridized carbons (Fsp3) is 0.440. The molecule has 1 heterocycles. The molecule has 190 valence electrons. The Morgan fingerprint density at radius 2 is 1.86 bits per heavy atom. The average molecular weight is 494 g/mol. The van der Waals surface area contributed by atoms with Crippen LogP contribution in [0.1, 0.15) is 36.9 Å². The zero-order chi connectivity index (χ0) is 25.6. The molecule has 0 saturated carbocycles. The highest BCUT2D eigenvalue weighted by Crippen LogP contribution is 2.39. The van der Waals surface area contributed by atoms with Gasteiger partial charge in [-0.05, 0) is 49.7 Å². The summed E-state index contributed by atoms with van der Waals surface area (Å²) in [5.74, 6) is 0.531. The number of ether oxygens (including phenoxy) is 2. The first-order valence-corrected chi connectivity index (χ1v) is 11.4. The van der Waals surface area contributed by atoms with Crippen molar-refractivity contribution in [1.82, 2.24) is 9.80 Å². The van der Waals surface area contributed by atoms with Gasteiger partial charge in [-0.15, -0.1) is 0 Å². The first-order chi connectivity index (χ1) is 16.7. The molecule has 1 unspecified atom stereocenters. The minimum absolute atomic E-state index is 0.0341. The second kappa shape index (κ2) is 11.4. The van der Waals surface area contributed by atoms with Gasteiger partial charge in [0, 0.05) is 12.1 Å². The molecule has 2 aromatic rings. The van der Waals surface area contributed by atoms with Crippen LogP contribution < -0.4 is 14.8 Å². The highest BCUT2D eigenvalue weighted by atomic mass is 19.4. The van der Waals surface area contributed by atoms with Crippen molar-refractivity contribution in [3.05, 3.63) is 53.6 Å². The van der Waals surface area contributed by atoms with Gasteiger partial charge in [-0.1, -0.05) is 19.1 Å². The van der Waals surface area contributed by atoms with Gasteiger partial charge >= 0.3 is 6.18 Å². The first kappa shape index (κ1) is 26.3. The number of hydrogen-bond acceptors (Lipinski definition) is 5. The molecule has 0 spiro atoms. The predicted molar refractivity (Wildman–Crippen MR) is 125 cm³/mol. The molecule has 2 aromatic carbocycles. The Balaban J connectivity index is 1.68. The molecule has 3 rings (SSSR count). The standard InChI is InChI=1S/C25H30F3N3O4/c1-4-30(15-23(32)29-20-9-6-5-8-19(20)25(26,27)28)16-24(33)31-13-7-10-21(31)18-14-17(34-2)11-12-22(18)35-3/h5-6,8-9,11-12,14,21H,4,7,10,13,15-16H2,1-3H3,(H,29,32). The Labute approximate surface area is 202 Å². The van der Waals surface area contributed by atoms with Crippen molar-refractivity contribution >= 4 is 17.5 Å². The molecule has 0 aliphatic carbocycles. The number of rotatable bonds is 9. The Hall–Kier alpha value is -3.27. The lowest BCUT2D eigenvalue weighted by atomic mass is 10.0. The van der Waals surface area contributed by atoms with Gasteiger partial charge in [0.15, 0.2) is 0 Å². The van der Waals surface area contributed by atoms with Gasteiger partial charge < -0.3 is 19.7 Å². The summed E-state index contributed by atoms with van der Waals surface area (Å²) in [5.41, 5.74) is -0.376. The molecular formula is C25H30F3N3O4. The van der Waals surface area contributed by atoms with Crippen molar-refractivity contribution in [2.45, 2.75) is 32.0 Å². The van der Waals surface area contributed by atoms with Crippen LogP contribution >= 0.6 is 0 Å². The lowest BCUT2D eigenvalue weighted by molar-refractivity contribution is -0.137. The van der Waals surface area contributed by atoms with Crippen molar-refractivity contribution < 1.29 is 32.2 Å². The number of likely N-dealkylation sites (tertiary alicyclic amines) is 1. The van der Waals surface area contributed by atoms with Crippen LogP contribution in [-0.2, 0) is 15.8 Å². The number of carbonyl (C=O) groups excluding carboxylic acids is 2. The molecule has 1 aliphatic heterocycles. The molecule has 10 heteroatoms. The molecule has 1 saturated heterocycles. The summed E-state index contributed by atoms with van der Waals surface area (Å²) in [6.45, 7) is 2.48. The molecule has 0 aromatic heterocycles. The van der Waals surface area contributed by atoms with E-state index in [-0.39, 0.29) is 30.7 Å². The number of methoxy groups -OCH3 is 2. The third kappa shape index (κ3) is 6.45. The van der Waals surface area contributed by atoms with Gasteiger partial charge in [0.2, 0.25) is 11.8 Å². The van der Waals surface area contributed by atoms with Crippen LogP contribution in [0.3, 0.4) is 0 Å². The van der Waals surface area contributed by atoms with Crippen LogP contribution in [0, 0.1) is 0 Å². The molecule has 1 N–H and O–H groups in total. The van der Waals surface area contributed by atoms with Crippen molar-refractivity contribution in [3.8, 4) is 11.5 Å². The topological polar surface area (TPSA) is 71.1 Å². The lowest BCUT2D eigenvalue weighted by Crippen LogP contribution is -2.43. The van der Waals surface area contributed by atoms with Gasteiger partial charge in [0.1, 0.15) is 11.5 Å². The Kier molecular flexibility index (Phi) is 8.61. The Morgan fingerprint density at radius 1 is 1.11 bits per heavy atom. The number of nitrogens with one attached hydrogen (secondary N) is 1. The van der Waals surface area contributed by atoms with Crippen LogP contribution in [0.4, 0.5) is 18.9 Å². The van der Waals surface area contributed by atoms with E-state index in [9.17, 15) is 22.8 Å². The van der Waals surface area contributed by atoms with Gasteiger partial charge in [0.25, 0.3) is 0 Å². The zero-order valence-corrected chi connectivity index (χ0v) is 20.0. The number of anilines is 1. The summed E-state index contributed by atoms with van der Waals surface area (Å²) in [7, 11) is 3.14. The summed E-state index contributed by atoms with van der Waals surface area (Å²) < 4.78 is 50.5. The number of alkyl halides is 3. The van der Waals surface area contributed by atoms with Crippen LogP contribution in [0.2, 0.25) is 0 Å². The van der Waals surface area contributed by atoms with E-state index in [0.717, 1.165) is 24.5 Å². The summed E-state index contributed by atoms with van der Waals surface area (Å²) in [6, 6.07) is 10.1. The quantitative estimate of drug-likeness (QED) is 0.563. The number of likely N-dealkylation sites (N-methyl/N-ethyl adjacent to an activating group) is 1. The Morgan fingerprint density at radius 3 is 2.51 bits per heavy atom. The molecule has 0 bridgehead atoms. The number of benzene rings is 2. The fourth-order valence-electron chi connectivity index (χ4n) is 4.28. The number of para-hydroxylation sites is 1. The maximum atomic E-state index is 13.2. The SMILES string of the molecule is CCN(CC(=O)Nc1ccccc1C(F)(F)F)CC(=O)N1CCCC1c1cc(OC)ccc1OC. The van der Waals surface area contributed by atoms with E-state index < -0.39 is 17.6 Å². The molecule has 0 radical (unpaired) electrons. The van der Waals surface area contributed by atoms with Crippen molar-refractivity contribution in [1.29, 1.82) is 0 Å². The minimum Gasteiger partial charge on any atom is -0.497 e. The summed E-state index contributed by atoms with van der Waals surface area (Å²) in [5, 5.41) is 2.33. The number of amides is 2. The van der Waals surface area contributed by atoms with Crippen LogP contribution in [0.5, 0.6) is 11.5 Å². The van der Waals surface area contributed by atoms with Gasteiger partial charge in [-0.25, -0.2) is 0 Å². The third-order valence-electron chi connectivity index (χ3n) is 6.05. The van der Waals surface area contributed by atoms with Gasteiger partial charge in [-0.3, -0.25) is 14.5 Å². The summed E-state index contributed by atoms with van der Waals surface area (Å²) >= 11 is 0. The van der Waals surface area contributed by atoms with E-state index in [4.69, 9.17) is 9.47 Å². The van der Waals surface area contributed by atoms with Gasteiger partial charge in [0.05, 0.1) is 44.6 Å². The number of halogens is 3. The van der Waals surface area contributed by atoms with E-state index in [1.807, 2.05) is 6.07 Å². The highest BCUT2D eigenvalue weighted by Gasteiger charge is 2.34. The van der Waals surface area contributed by atoms with E-state index in [1.54, 1.807) is 43.1 Å². The second-order valence-electron chi connectivity index (χ2n) is 8.25. The zero-order valence-electron chi connectivity index (χ0n) is 20.0. The first-order valence-electron chi connectivity index (χ1n) is 11.4. The van der Waals surface area contributed by atoms with Crippen LogP contribution in [-0.4, -0.2) is 62.0 Å². The summed E-state index contributed by atoms with van der Waals surface area (Å²) in [4.78, 5) is 29.1. The van der Waals surface area contributed by atoms with E-state index in [2.05, 4.69) is 5.32 Å². The van der Waals surface area contributed by atoms with Crippen molar-refractivity contribution in [2.75, 3.05) is 45.7 Å². The number of carbonyl (C=O) groups is 2. The monoisotopic (exact) mass is 493 g/mol. The molecule has 1 fully saturated rings. The van der Waals surface area contributed by atoms with Crippen molar-refractivity contribution in [2.24, 2.45) is 0 Å². The highest BCUT2D eigenvalue weighted by molar-refractivity contribution is 5.93. The van der Waals surface area contributed by atoms with Gasteiger partial charge in [-0.2, -0.15) is 13.2 Å².